The maximum atomic E-state index is 12.4. The van der Waals surface area contributed by atoms with Gasteiger partial charge in [0.05, 0.1) is 11.6 Å². The van der Waals surface area contributed by atoms with Crippen molar-refractivity contribution in [3.63, 3.8) is 0 Å². The van der Waals surface area contributed by atoms with Gasteiger partial charge in [0.25, 0.3) is 0 Å². The van der Waals surface area contributed by atoms with Gasteiger partial charge in [0, 0.05) is 0 Å². The van der Waals surface area contributed by atoms with E-state index < -0.39 is 4.87 Å². The van der Waals surface area contributed by atoms with E-state index in [2.05, 4.69) is 60.6 Å². The average molecular weight is 382 g/mol. The first-order valence-corrected chi connectivity index (χ1v) is 11.0. The minimum atomic E-state index is -0.395. The van der Waals surface area contributed by atoms with E-state index in [0.717, 1.165) is 16.7 Å². The Morgan fingerprint density at radius 2 is 1.64 bits per heavy atom. The van der Waals surface area contributed by atoms with Gasteiger partial charge in [-0.2, -0.15) is 0 Å². The second-order valence-corrected chi connectivity index (χ2v) is 11.1. The fraction of sp³-hybridized carbons (Fsp3) is 0.650. The van der Waals surface area contributed by atoms with Crippen molar-refractivity contribution in [1.29, 1.82) is 0 Å². The van der Waals surface area contributed by atoms with E-state index in [1.165, 1.54) is 0 Å². The summed E-state index contributed by atoms with van der Waals surface area (Å²) in [6, 6.07) is 4.20. The van der Waals surface area contributed by atoms with Crippen LogP contribution in [-0.4, -0.2) is 33.8 Å². The monoisotopic (exact) mass is 381 g/mol. The number of nitrogens with zero attached hydrogens (tertiary/aromatic N) is 1. The molecule has 1 saturated heterocycles. The molecule has 1 unspecified atom stereocenters. The number of thioether (sulfide) groups is 2. The number of phenolic OH excluding ortho intramolecular Hbond substituents is 1. The summed E-state index contributed by atoms with van der Waals surface area (Å²) in [4.78, 5) is 14.0. The molecule has 0 aliphatic carbocycles. The topological polar surface area (TPSA) is 40.5 Å². The van der Waals surface area contributed by atoms with Crippen molar-refractivity contribution in [1.82, 2.24) is 4.90 Å². The third-order valence-corrected chi connectivity index (χ3v) is 6.74. The molecule has 1 amide bonds. The van der Waals surface area contributed by atoms with Crippen molar-refractivity contribution >= 4 is 29.4 Å². The Kier molecular flexibility index (Phi) is 5.52. The van der Waals surface area contributed by atoms with E-state index in [1.54, 1.807) is 23.5 Å². The minimum Gasteiger partial charge on any atom is -0.507 e. The predicted molar refractivity (Wildman–Crippen MR) is 111 cm³/mol. The standard InChI is InChI=1S/C20H31NO2S2/c1-18(2,3)14-9-13(10-15(17(14)23)19(4,5)6)20(7)21(12-24-8)16(22)11-25-20/h9-10,23H,11-12H2,1-8H3. The molecule has 0 bridgehead atoms. The van der Waals surface area contributed by atoms with Gasteiger partial charge in [-0.3, -0.25) is 4.79 Å². The molecule has 1 N–H and O–H groups in total. The number of rotatable bonds is 3. The molecule has 1 aliphatic rings. The molecule has 2 rings (SSSR count). The Morgan fingerprint density at radius 1 is 1.16 bits per heavy atom. The summed E-state index contributed by atoms with van der Waals surface area (Å²) < 4.78 is 0. The second-order valence-electron chi connectivity index (χ2n) is 8.93. The van der Waals surface area contributed by atoms with Crippen LogP contribution in [-0.2, 0) is 20.5 Å². The number of benzene rings is 1. The summed E-state index contributed by atoms with van der Waals surface area (Å²) in [7, 11) is 0. The molecule has 0 radical (unpaired) electrons. The molecule has 3 nitrogen and oxygen atoms in total. The summed E-state index contributed by atoms with van der Waals surface area (Å²) in [6.07, 6.45) is 2.02. The van der Waals surface area contributed by atoms with Crippen LogP contribution in [0.3, 0.4) is 0 Å². The van der Waals surface area contributed by atoms with Crippen LogP contribution in [0.25, 0.3) is 0 Å². The molecule has 25 heavy (non-hydrogen) atoms. The highest BCUT2D eigenvalue weighted by atomic mass is 32.2. The Labute approximate surface area is 160 Å². The first-order valence-electron chi connectivity index (χ1n) is 8.64. The smallest absolute Gasteiger partial charge is 0.234 e. The number of amides is 1. The van der Waals surface area contributed by atoms with Gasteiger partial charge in [0.2, 0.25) is 5.91 Å². The Balaban J connectivity index is 2.71. The van der Waals surface area contributed by atoms with E-state index in [1.807, 2.05) is 11.2 Å². The molecule has 140 valence electrons. The van der Waals surface area contributed by atoms with Gasteiger partial charge in [0.15, 0.2) is 0 Å². The zero-order valence-electron chi connectivity index (χ0n) is 16.7. The number of hydrogen-bond acceptors (Lipinski definition) is 4. The Bertz CT molecular complexity index is 638. The highest BCUT2D eigenvalue weighted by Gasteiger charge is 2.44. The summed E-state index contributed by atoms with van der Waals surface area (Å²) in [5.74, 6) is 1.76. The van der Waals surface area contributed by atoms with Crippen LogP contribution < -0.4 is 0 Å². The molecule has 0 aromatic heterocycles. The van der Waals surface area contributed by atoms with Crippen LogP contribution in [0.1, 0.15) is 65.2 Å². The molecule has 1 aliphatic heterocycles. The van der Waals surface area contributed by atoms with Crippen LogP contribution in [0.5, 0.6) is 5.75 Å². The lowest BCUT2D eigenvalue weighted by atomic mass is 9.77. The number of hydrogen-bond donors (Lipinski definition) is 1. The Hall–Kier alpha value is -0.810. The average Bonchev–Trinajstić information content (AvgIpc) is 2.75. The number of phenols is 1. The zero-order valence-corrected chi connectivity index (χ0v) is 18.3. The van der Waals surface area contributed by atoms with Gasteiger partial charge >= 0.3 is 0 Å². The van der Waals surface area contributed by atoms with E-state index in [4.69, 9.17) is 0 Å². The third-order valence-electron chi connectivity index (χ3n) is 4.81. The van der Waals surface area contributed by atoms with Gasteiger partial charge < -0.3 is 10.0 Å². The molecule has 1 heterocycles. The van der Waals surface area contributed by atoms with Crippen molar-refractivity contribution in [2.45, 2.75) is 64.2 Å². The summed E-state index contributed by atoms with van der Waals surface area (Å²) in [5.41, 5.74) is 2.65. The first kappa shape index (κ1) is 20.5. The molecular weight excluding hydrogens is 350 g/mol. The van der Waals surface area contributed by atoms with E-state index in [0.29, 0.717) is 17.4 Å². The van der Waals surface area contributed by atoms with Crippen LogP contribution in [0, 0.1) is 0 Å². The number of carbonyl (C=O) groups is 1. The van der Waals surface area contributed by atoms with Gasteiger partial charge in [-0.1, -0.05) is 41.5 Å². The number of carbonyl (C=O) groups excluding carboxylic acids is 1. The van der Waals surface area contributed by atoms with Crippen molar-refractivity contribution in [2.75, 3.05) is 17.9 Å². The molecule has 0 saturated carbocycles. The quantitative estimate of drug-likeness (QED) is 0.795. The highest BCUT2D eigenvalue weighted by molar-refractivity contribution is 8.01. The highest BCUT2D eigenvalue weighted by Crippen LogP contribution is 2.49. The normalized spacial score (nSPS) is 21.9. The number of aromatic hydroxyl groups is 1. The Morgan fingerprint density at radius 3 is 2.04 bits per heavy atom. The lowest BCUT2D eigenvalue weighted by molar-refractivity contribution is -0.128. The van der Waals surface area contributed by atoms with Crippen molar-refractivity contribution in [2.24, 2.45) is 0 Å². The second kappa shape index (κ2) is 6.73. The predicted octanol–water partition coefficient (Wildman–Crippen LogP) is 5.06. The van der Waals surface area contributed by atoms with Crippen LogP contribution in [0.4, 0.5) is 0 Å². The molecule has 1 atom stereocenters. The maximum absolute atomic E-state index is 12.4. The van der Waals surface area contributed by atoms with Crippen molar-refractivity contribution in [3.8, 4) is 5.75 Å². The molecular formula is C20H31NO2S2. The van der Waals surface area contributed by atoms with Crippen molar-refractivity contribution in [3.05, 3.63) is 28.8 Å². The lowest BCUT2D eigenvalue weighted by Gasteiger charge is -2.37. The van der Waals surface area contributed by atoms with Gasteiger partial charge in [-0.15, -0.1) is 23.5 Å². The van der Waals surface area contributed by atoms with Crippen LogP contribution >= 0.6 is 23.5 Å². The van der Waals surface area contributed by atoms with E-state index in [-0.39, 0.29) is 16.7 Å². The van der Waals surface area contributed by atoms with Crippen molar-refractivity contribution < 1.29 is 9.90 Å². The molecule has 5 heteroatoms. The minimum absolute atomic E-state index is 0.173. The zero-order chi connectivity index (χ0) is 19.2. The fourth-order valence-electron chi connectivity index (χ4n) is 3.21. The molecule has 0 spiro atoms. The summed E-state index contributed by atoms with van der Waals surface area (Å²) in [6.45, 7) is 14.8. The molecule has 1 fully saturated rings. The molecule has 1 aromatic carbocycles. The van der Waals surface area contributed by atoms with Gasteiger partial charge in [-0.25, -0.2) is 0 Å². The first-order chi connectivity index (χ1) is 11.3. The van der Waals surface area contributed by atoms with Crippen LogP contribution in [0.15, 0.2) is 12.1 Å². The largest absolute Gasteiger partial charge is 0.507 e. The third kappa shape index (κ3) is 3.82. The summed E-state index contributed by atoms with van der Waals surface area (Å²) in [5, 5.41) is 10.9. The van der Waals surface area contributed by atoms with Gasteiger partial charge in [-0.05, 0) is 52.8 Å². The summed E-state index contributed by atoms with van der Waals surface area (Å²) >= 11 is 3.34. The SMILES string of the molecule is CSCN1C(=O)CSC1(C)c1cc(C(C)(C)C)c(O)c(C(C)(C)C)c1. The van der Waals surface area contributed by atoms with Gasteiger partial charge in [0.1, 0.15) is 10.6 Å². The molecule has 1 aromatic rings. The van der Waals surface area contributed by atoms with E-state index >= 15 is 0 Å². The van der Waals surface area contributed by atoms with Crippen LogP contribution in [0.2, 0.25) is 0 Å². The maximum Gasteiger partial charge on any atom is 0.234 e. The van der Waals surface area contributed by atoms with E-state index in [9.17, 15) is 9.90 Å². The lowest BCUT2D eigenvalue weighted by Crippen LogP contribution is -2.40. The fourth-order valence-corrected chi connectivity index (χ4v) is 5.11.